The third-order valence-electron chi connectivity index (χ3n) is 4.53. The van der Waals surface area contributed by atoms with Gasteiger partial charge in [0, 0.05) is 10.8 Å². The van der Waals surface area contributed by atoms with Gasteiger partial charge >= 0.3 is 5.69 Å². The lowest BCUT2D eigenvalue weighted by molar-refractivity contribution is 0.454. The predicted octanol–water partition coefficient (Wildman–Crippen LogP) is 0.433. The summed E-state index contributed by atoms with van der Waals surface area (Å²) in [6, 6.07) is 8.21. The number of benzene rings is 1. The number of nitrogens with one attached hydrogen (secondary N) is 2. The van der Waals surface area contributed by atoms with Gasteiger partial charge in [0.1, 0.15) is 5.69 Å². The van der Waals surface area contributed by atoms with Crippen LogP contribution in [0.15, 0.2) is 40.2 Å². The summed E-state index contributed by atoms with van der Waals surface area (Å²) in [6.45, 7) is 2.01. The van der Waals surface area contributed by atoms with Crippen molar-refractivity contribution in [2.75, 3.05) is 0 Å². The monoisotopic (exact) mass is 375 g/mol. The van der Waals surface area contributed by atoms with Crippen LogP contribution in [-0.2, 0) is 0 Å². The first-order valence-electron chi connectivity index (χ1n) is 8.96. The van der Waals surface area contributed by atoms with Crippen molar-refractivity contribution in [2.45, 2.75) is 25.8 Å². The minimum absolute atomic E-state index is 0.236. The van der Waals surface area contributed by atoms with Crippen LogP contribution in [0.1, 0.15) is 24.1 Å². The molecule has 5 rings (SSSR count). The number of hydrogen-bond donors (Lipinski definition) is 3. The molecule has 0 spiro atoms. The van der Waals surface area contributed by atoms with Crippen molar-refractivity contribution in [2.24, 2.45) is 4.99 Å². The molecule has 0 aliphatic heterocycles. The minimum Gasteiger partial charge on any atom is -0.493 e. The summed E-state index contributed by atoms with van der Waals surface area (Å²) in [4.78, 5) is 30.2. The van der Waals surface area contributed by atoms with Gasteiger partial charge < -0.3 is 10.1 Å². The number of aromatic nitrogens is 6. The average Bonchev–Trinajstić information content (AvgIpc) is 3.30. The average molecular weight is 375 g/mol. The van der Waals surface area contributed by atoms with Crippen molar-refractivity contribution in [1.29, 1.82) is 0 Å². The molecule has 0 radical (unpaired) electrons. The lowest BCUT2D eigenvalue weighted by atomic mass is 10.1. The van der Waals surface area contributed by atoms with Gasteiger partial charge in [-0.05, 0) is 31.9 Å². The molecule has 9 heteroatoms. The lowest BCUT2D eigenvalue weighted by Gasteiger charge is -2.03. The summed E-state index contributed by atoms with van der Waals surface area (Å²) in [6.07, 6.45) is 5.32. The zero-order valence-electron chi connectivity index (χ0n) is 15.0. The predicted molar refractivity (Wildman–Crippen MR) is 101 cm³/mol. The Labute approximate surface area is 158 Å². The molecular formula is C19H17N7O2. The molecule has 1 aliphatic rings. The van der Waals surface area contributed by atoms with E-state index in [0.29, 0.717) is 22.3 Å². The maximum Gasteiger partial charge on any atom is 0.326 e. The zero-order chi connectivity index (χ0) is 19.3. The van der Waals surface area contributed by atoms with Crippen LogP contribution in [0.4, 0.5) is 0 Å². The van der Waals surface area contributed by atoms with Crippen LogP contribution in [0.5, 0.6) is 5.88 Å². The highest BCUT2D eigenvalue weighted by Crippen LogP contribution is 2.22. The lowest BCUT2D eigenvalue weighted by Crippen LogP contribution is -2.23. The van der Waals surface area contributed by atoms with E-state index in [9.17, 15) is 9.90 Å². The molecule has 3 aromatic heterocycles. The van der Waals surface area contributed by atoms with Crippen LogP contribution < -0.4 is 16.5 Å². The van der Waals surface area contributed by atoms with Gasteiger partial charge in [-0.2, -0.15) is 14.6 Å². The molecule has 28 heavy (non-hydrogen) atoms. The number of nitrogens with zero attached hydrogens (tertiary/aromatic N) is 5. The topological polar surface area (TPSA) is 124 Å². The number of imidazole rings is 1. The standard InChI is InChI=1S/C19H17N7O2/c1-10-3-2-4-11(7-10)15-23-16-12(8-14-17(27)25-19(28)22-14)9-20-26(16)18(24-15)21-13-5-6-13/h2-4,7-9,13,27H,5-6H2,1H3,(H2,22,25,28)/b12-8-,21-18?. The summed E-state index contributed by atoms with van der Waals surface area (Å²) in [5.41, 5.74) is 2.82. The van der Waals surface area contributed by atoms with Crippen LogP contribution in [-0.4, -0.2) is 40.7 Å². The molecule has 0 bridgehead atoms. The van der Waals surface area contributed by atoms with Crippen molar-refractivity contribution in [1.82, 2.24) is 29.5 Å². The highest BCUT2D eigenvalue weighted by atomic mass is 16.3. The molecule has 9 nitrogen and oxygen atoms in total. The van der Waals surface area contributed by atoms with E-state index in [0.717, 1.165) is 24.0 Å². The number of hydrogen-bond acceptors (Lipinski definition) is 6. The van der Waals surface area contributed by atoms with Gasteiger partial charge in [-0.1, -0.05) is 23.8 Å². The normalized spacial score (nSPS) is 15.6. The maximum absolute atomic E-state index is 11.4. The van der Waals surface area contributed by atoms with Gasteiger partial charge in [-0.3, -0.25) is 4.98 Å². The Bertz CT molecular complexity index is 1380. The van der Waals surface area contributed by atoms with Crippen LogP contribution >= 0.6 is 0 Å². The second-order valence-electron chi connectivity index (χ2n) is 6.90. The molecule has 0 unspecified atom stereocenters. The van der Waals surface area contributed by atoms with E-state index in [1.54, 1.807) is 16.8 Å². The Hall–Kier alpha value is -3.75. The van der Waals surface area contributed by atoms with Crippen molar-refractivity contribution >= 4 is 11.7 Å². The molecule has 0 saturated heterocycles. The van der Waals surface area contributed by atoms with Gasteiger partial charge in [-0.25, -0.2) is 14.8 Å². The number of fused-ring (bicyclic) bond motifs is 1. The highest BCUT2D eigenvalue weighted by molar-refractivity contribution is 5.61. The van der Waals surface area contributed by atoms with E-state index in [-0.39, 0.29) is 17.6 Å². The first kappa shape index (κ1) is 16.4. The molecule has 0 amide bonds. The third-order valence-corrected chi connectivity index (χ3v) is 4.53. The maximum atomic E-state index is 11.4. The molecule has 140 valence electrons. The van der Waals surface area contributed by atoms with E-state index in [4.69, 9.17) is 0 Å². The largest absolute Gasteiger partial charge is 0.493 e. The van der Waals surface area contributed by atoms with Gasteiger partial charge in [-0.15, -0.1) is 0 Å². The second-order valence-corrected chi connectivity index (χ2v) is 6.90. The van der Waals surface area contributed by atoms with E-state index in [1.807, 2.05) is 31.2 Å². The zero-order valence-corrected chi connectivity index (χ0v) is 15.0. The summed E-state index contributed by atoms with van der Waals surface area (Å²) in [5, 5.41) is 14.9. The van der Waals surface area contributed by atoms with E-state index >= 15 is 0 Å². The van der Waals surface area contributed by atoms with E-state index in [2.05, 4.69) is 30.0 Å². The molecule has 0 atom stereocenters. The number of rotatable bonds is 3. The fourth-order valence-electron chi connectivity index (χ4n) is 2.99. The van der Waals surface area contributed by atoms with Crippen LogP contribution in [0.2, 0.25) is 0 Å². The molecule has 4 aromatic rings. The van der Waals surface area contributed by atoms with Crippen molar-refractivity contribution in [3.8, 4) is 17.3 Å². The molecule has 1 fully saturated rings. The number of aryl methyl sites for hydroxylation is 1. The molecule has 1 aliphatic carbocycles. The summed E-state index contributed by atoms with van der Waals surface area (Å²) >= 11 is 0. The van der Waals surface area contributed by atoms with Crippen molar-refractivity contribution in [3.63, 3.8) is 0 Å². The van der Waals surface area contributed by atoms with Crippen LogP contribution in [0.3, 0.4) is 0 Å². The molecule has 3 heterocycles. The smallest absolute Gasteiger partial charge is 0.326 e. The number of H-pyrrole nitrogens is 2. The van der Waals surface area contributed by atoms with Crippen molar-refractivity contribution < 1.29 is 5.11 Å². The Morgan fingerprint density at radius 2 is 2.14 bits per heavy atom. The Morgan fingerprint density at radius 3 is 2.86 bits per heavy atom. The summed E-state index contributed by atoms with van der Waals surface area (Å²) < 4.78 is 1.59. The quantitative estimate of drug-likeness (QED) is 0.479. The SMILES string of the molecule is Cc1cccc(-c2nc(=NC3CC3)n3nc/c(=C/c4[nH]c(=O)[nH]c4O)c3n2)c1. The minimum atomic E-state index is -0.486. The van der Waals surface area contributed by atoms with Crippen molar-refractivity contribution in [3.05, 3.63) is 63.0 Å². The van der Waals surface area contributed by atoms with E-state index in [1.165, 1.54) is 0 Å². The fraction of sp³-hybridized carbons (Fsp3) is 0.211. The molecule has 1 aromatic carbocycles. The first-order valence-corrected chi connectivity index (χ1v) is 8.96. The Kier molecular flexibility index (Phi) is 3.61. The van der Waals surface area contributed by atoms with Gasteiger partial charge in [0.2, 0.25) is 11.5 Å². The van der Waals surface area contributed by atoms with Crippen LogP contribution in [0.25, 0.3) is 23.1 Å². The third kappa shape index (κ3) is 2.96. The fourth-order valence-corrected chi connectivity index (χ4v) is 2.99. The van der Waals surface area contributed by atoms with Gasteiger partial charge in [0.05, 0.1) is 12.2 Å². The van der Waals surface area contributed by atoms with Gasteiger partial charge in [0.25, 0.3) is 0 Å². The highest BCUT2D eigenvalue weighted by Gasteiger charge is 2.21. The first-order chi connectivity index (χ1) is 13.6. The molecule has 3 N–H and O–H groups in total. The summed E-state index contributed by atoms with van der Waals surface area (Å²) in [7, 11) is 0. The Balaban J connectivity index is 1.79. The van der Waals surface area contributed by atoms with E-state index < -0.39 is 5.69 Å². The van der Waals surface area contributed by atoms with Crippen LogP contribution in [0, 0.1) is 6.92 Å². The van der Waals surface area contributed by atoms with Gasteiger partial charge in [0.15, 0.2) is 11.5 Å². The number of aromatic hydroxyl groups is 1. The number of aromatic amines is 2. The second kappa shape index (κ2) is 6.15. The molecule has 1 saturated carbocycles. The molecular weight excluding hydrogens is 358 g/mol. The Morgan fingerprint density at radius 1 is 1.29 bits per heavy atom. The summed E-state index contributed by atoms with van der Waals surface area (Å²) in [5.74, 6) is 0.317.